The Bertz CT molecular complexity index is 1640. The van der Waals surface area contributed by atoms with Crippen LogP contribution in [0.4, 0.5) is 5.95 Å². The first kappa shape index (κ1) is 27.8. The van der Waals surface area contributed by atoms with Gasteiger partial charge >= 0.3 is 0 Å². The summed E-state index contributed by atoms with van der Waals surface area (Å²) in [5.74, 6) is 1.16. The largest absolute Gasteiger partial charge is 0.490 e. The molecule has 2 aromatic heterocycles. The maximum Gasteiger partial charge on any atom is 0.258 e. The van der Waals surface area contributed by atoms with Crippen molar-refractivity contribution in [2.45, 2.75) is 23.8 Å². The number of benzene rings is 2. The molecule has 0 aliphatic carbocycles. The molecular formula is C28H26ClN5O4S. The minimum absolute atomic E-state index is 0. The Morgan fingerprint density at radius 3 is 2.15 bits per heavy atom. The molecule has 0 bridgehead atoms. The van der Waals surface area contributed by atoms with Gasteiger partial charge in [0.15, 0.2) is 9.84 Å². The van der Waals surface area contributed by atoms with Gasteiger partial charge in [-0.2, -0.15) is 5.26 Å². The highest BCUT2D eigenvalue weighted by Gasteiger charge is 2.22. The summed E-state index contributed by atoms with van der Waals surface area (Å²) in [6, 6.07) is 18.8. The number of ether oxygens (including phenoxy) is 1. The molecule has 3 heterocycles. The highest BCUT2D eigenvalue weighted by Crippen LogP contribution is 2.23. The predicted molar refractivity (Wildman–Crippen MR) is 150 cm³/mol. The van der Waals surface area contributed by atoms with Gasteiger partial charge in [0.1, 0.15) is 11.9 Å². The fourth-order valence-electron chi connectivity index (χ4n) is 4.34. The molecule has 9 nitrogen and oxygen atoms in total. The average Bonchev–Trinajstić information content (AvgIpc) is 2.93. The van der Waals surface area contributed by atoms with Gasteiger partial charge in [0.25, 0.3) is 5.56 Å². The molecule has 1 fully saturated rings. The number of anilines is 1. The van der Waals surface area contributed by atoms with Gasteiger partial charge in [-0.15, -0.1) is 12.4 Å². The van der Waals surface area contributed by atoms with Crippen LogP contribution in [0.3, 0.4) is 0 Å². The summed E-state index contributed by atoms with van der Waals surface area (Å²) in [4.78, 5) is 24.1. The van der Waals surface area contributed by atoms with Crippen molar-refractivity contribution in [1.82, 2.24) is 14.5 Å². The minimum Gasteiger partial charge on any atom is -0.490 e. The molecule has 2 aromatic carbocycles. The maximum absolute atomic E-state index is 12.7. The Balaban J connectivity index is 0.00000353. The zero-order chi connectivity index (χ0) is 26.7. The molecule has 200 valence electrons. The second kappa shape index (κ2) is 11.7. The van der Waals surface area contributed by atoms with Crippen LogP contribution in [-0.2, 0) is 9.84 Å². The number of hydrogen-bond acceptors (Lipinski definition) is 8. The minimum atomic E-state index is -3.30. The van der Waals surface area contributed by atoms with Crippen LogP contribution in [0.15, 0.2) is 88.9 Å². The van der Waals surface area contributed by atoms with Crippen molar-refractivity contribution >= 4 is 28.2 Å². The predicted octanol–water partition coefficient (Wildman–Crippen LogP) is 4.04. The molecule has 5 rings (SSSR count). The number of halogens is 1. The summed E-state index contributed by atoms with van der Waals surface area (Å²) in [7, 11) is -3.30. The third-order valence-corrected chi connectivity index (χ3v) is 7.58. The van der Waals surface area contributed by atoms with Crippen molar-refractivity contribution in [3.63, 3.8) is 0 Å². The van der Waals surface area contributed by atoms with Gasteiger partial charge in [0.2, 0.25) is 5.95 Å². The molecular weight excluding hydrogens is 538 g/mol. The number of hydrogen-bond donors (Lipinski definition) is 0. The van der Waals surface area contributed by atoms with E-state index < -0.39 is 9.84 Å². The average molecular weight is 564 g/mol. The number of rotatable bonds is 6. The number of sulfone groups is 1. The molecule has 0 spiro atoms. The van der Waals surface area contributed by atoms with Gasteiger partial charge in [-0.05, 0) is 48.0 Å². The molecule has 0 N–H and O–H groups in total. The molecule has 0 amide bonds. The van der Waals surface area contributed by atoms with E-state index in [0.29, 0.717) is 22.9 Å². The first-order valence-corrected chi connectivity index (χ1v) is 14.0. The molecule has 1 aliphatic rings. The van der Waals surface area contributed by atoms with E-state index in [9.17, 15) is 13.2 Å². The van der Waals surface area contributed by atoms with E-state index >= 15 is 0 Å². The van der Waals surface area contributed by atoms with Crippen LogP contribution < -0.4 is 15.2 Å². The number of nitriles is 1. The summed E-state index contributed by atoms with van der Waals surface area (Å²) >= 11 is 0. The lowest BCUT2D eigenvalue weighted by Crippen LogP contribution is -2.39. The van der Waals surface area contributed by atoms with E-state index in [1.807, 2.05) is 12.1 Å². The fraction of sp³-hybridized carbons (Fsp3) is 0.214. The van der Waals surface area contributed by atoms with E-state index in [1.165, 1.54) is 22.8 Å². The second-order valence-corrected chi connectivity index (χ2v) is 11.1. The van der Waals surface area contributed by atoms with E-state index in [-0.39, 0.29) is 29.0 Å². The van der Waals surface area contributed by atoms with Crippen LogP contribution in [0.1, 0.15) is 18.4 Å². The van der Waals surface area contributed by atoms with Gasteiger partial charge in [0.05, 0.1) is 16.5 Å². The van der Waals surface area contributed by atoms with Crippen molar-refractivity contribution < 1.29 is 13.2 Å². The number of nitrogens with zero attached hydrogens (tertiary/aromatic N) is 5. The van der Waals surface area contributed by atoms with Crippen LogP contribution in [0.2, 0.25) is 0 Å². The van der Waals surface area contributed by atoms with E-state index in [0.717, 1.165) is 43.3 Å². The number of pyridine rings is 1. The summed E-state index contributed by atoms with van der Waals surface area (Å²) in [6.07, 6.45) is 7.84. The number of piperidine rings is 1. The third-order valence-electron chi connectivity index (χ3n) is 6.45. The Labute approximate surface area is 232 Å². The topological polar surface area (TPSA) is 118 Å². The van der Waals surface area contributed by atoms with Crippen molar-refractivity contribution in [2.75, 3.05) is 24.2 Å². The normalized spacial score (nSPS) is 13.8. The van der Waals surface area contributed by atoms with Crippen molar-refractivity contribution in [3.8, 4) is 28.6 Å². The quantitative estimate of drug-likeness (QED) is 0.345. The summed E-state index contributed by atoms with van der Waals surface area (Å²) in [5, 5.41) is 8.96. The molecule has 1 aliphatic heterocycles. The Kier molecular flexibility index (Phi) is 8.33. The molecule has 0 atom stereocenters. The van der Waals surface area contributed by atoms with Crippen LogP contribution in [0, 0.1) is 11.3 Å². The second-order valence-electron chi connectivity index (χ2n) is 9.10. The number of aromatic nitrogens is 3. The zero-order valence-corrected chi connectivity index (χ0v) is 22.7. The third kappa shape index (κ3) is 6.45. The van der Waals surface area contributed by atoms with Crippen molar-refractivity contribution in [1.29, 1.82) is 5.26 Å². The Hall–Kier alpha value is -4.20. The molecule has 0 saturated carbocycles. The SMILES string of the molecule is CS(=O)(=O)c1ccc(-n2ccc(OC3CCN(c4ncc(-c5ccc(C#N)cc5)cn4)CC3)cc2=O)cc1.Cl. The zero-order valence-electron chi connectivity index (χ0n) is 21.1. The monoisotopic (exact) mass is 563 g/mol. The van der Waals surface area contributed by atoms with Crippen LogP contribution in [-0.4, -0.2) is 48.4 Å². The molecule has 4 aromatic rings. The Morgan fingerprint density at radius 2 is 1.59 bits per heavy atom. The molecule has 0 unspecified atom stereocenters. The van der Waals surface area contributed by atoms with Gasteiger partial charge in [0, 0.05) is 68.1 Å². The maximum atomic E-state index is 12.7. The lowest BCUT2D eigenvalue weighted by atomic mass is 10.1. The summed E-state index contributed by atoms with van der Waals surface area (Å²) < 4.78 is 30.9. The molecule has 1 saturated heterocycles. The van der Waals surface area contributed by atoms with Crippen LogP contribution in [0.5, 0.6) is 5.75 Å². The van der Waals surface area contributed by atoms with E-state index in [2.05, 4.69) is 20.9 Å². The molecule has 39 heavy (non-hydrogen) atoms. The van der Waals surface area contributed by atoms with Gasteiger partial charge in [-0.25, -0.2) is 18.4 Å². The van der Waals surface area contributed by atoms with Crippen LogP contribution in [0.25, 0.3) is 16.8 Å². The van der Waals surface area contributed by atoms with Crippen molar-refractivity contribution in [3.05, 3.63) is 95.2 Å². The van der Waals surface area contributed by atoms with Gasteiger partial charge in [-0.3, -0.25) is 9.36 Å². The lowest BCUT2D eigenvalue weighted by Gasteiger charge is -2.32. The van der Waals surface area contributed by atoms with Gasteiger partial charge in [-0.1, -0.05) is 12.1 Å². The first-order chi connectivity index (χ1) is 18.3. The molecule has 0 radical (unpaired) electrons. The lowest BCUT2D eigenvalue weighted by molar-refractivity contribution is 0.170. The van der Waals surface area contributed by atoms with E-state index in [4.69, 9.17) is 10.00 Å². The summed E-state index contributed by atoms with van der Waals surface area (Å²) in [6.45, 7) is 1.45. The van der Waals surface area contributed by atoms with Crippen molar-refractivity contribution in [2.24, 2.45) is 0 Å². The highest BCUT2D eigenvalue weighted by molar-refractivity contribution is 7.90. The highest BCUT2D eigenvalue weighted by atomic mass is 35.5. The first-order valence-electron chi connectivity index (χ1n) is 12.1. The van der Waals surface area contributed by atoms with E-state index in [1.54, 1.807) is 48.9 Å². The van der Waals surface area contributed by atoms with Crippen LogP contribution >= 0.6 is 12.4 Å². The molecule has 11 heteroatoms. The van der Waals surface area contributed by atoms with Gasteiger partial charge < -0.3 is 9.64 Å². The smallest absolute Gasteiger partial charge is 0.258 e. The Morgan fingerprint density at radius 1 is 0.949 bits per heavy atom. The summed E-state index contributed by atoms with van der Waals surface area (Å²) in [5.41, 5.74) is 2.77. The standard InChI is InChI=1S/C28H25N5O4S.ClH/c1-38(35,36)26-8-6-23(7-9-26)33-15-12-25(16-27(33)34)37-24-10-13-32(14-11-24)28-30-18-22(19-31-28)21-4-2-20(17-29)3-5-21;/h2-9,12,15-16,18-19,24H,10-11,13-14H2,1H3;1H. The fourth-order valence-corrected chi connectivity index (χ4v) is 4.97.